The fourth-order valence-electron chi connectivity index (χ4n) is 2.01. The van der Waals surface area contributed by atoms with E-state index in [1.165, 1.54) is 0 Å². The van der Waals surface area contributed by atoms with Crippen molar-refractivity contribution in [2.24, 2.45) is 0 Å². The Morgan fingerprint density at radius 2 is 1.91 bits per heavy atom. The van der Waals surface area contributed by atoms with Gasteiger partial charge in [0.1, 0.15) is 11.5 Å². The Hall–Kier alpha value is -1.39. The van der Waals surface area contributed by atoms with E-state index in [9.17, 15) is 0 Å². The fourth-order valence-corrected chi connectivity index (χ4v) is 2.68. The molecule has 3 nitrogen and oxygen atoms in total. The van der Waals surface area contributed by atoms with Crippen LogP contribution in [0.25, 0.3) is 0 Å². The second-order valence-electron chi connectivity index (χ2n) is 4.80. The predicted molar refractivity (Wildman–Crippen MR) is 95.3 cm³/mol. The molecule has 2 rings (SSSR count). The molecule has 118 valence electrons. The summed E-state index contributed by atoms with van der Waals surface area (Å²) in [4.78, 5) is 0. The molecule has 0 spiro atoms. The first kappa shape index (κ1) is 17.0. The molecular formula is C17H19BrClNO2. The highest BCUT2D eigenvalue weighted by Gasteiger charge is 2.06. The monoisotopic (exact) mass is 383 g/mol. The lowest BCUT2D eigenvalue weighted by Crippen LogP contribution is -2.04. The maximum absolute atomic E-state index is 6.14. The van der Waals surface area contributed by atoms with Gasteiger partial charge in [0.05, 0.1) is 18.7 Å². The lowest BCUT2D eigenvalue weighted by atomic mass is 10.2. The first-order chi connectivity index (χ1) is 10.6. The molecule has 0 bridgehead atoms. The third-order valence-corrected chi connectivity index (χ3v) is 3.91. The largest absolute Gasteiger partial charge is 0.495 e. The van der Waals surface area contributed by atoms with Crippen LogP contribution in [-0.4, -0.2) is 13.7 Å². The number of hydrogen-bond donors (Lipinski definition) is 1. The van der Waals surface area contributed by atoms with Crippen LogP contribution in [0.3, 0.4) is 0 Å². The maximum Gasteiger partial charge on any atom is 0.137 e. The van der Waals surface area contributed by atoms with E-state index in [4.69, 9.17) is 21.1 Å². The molecule has 0 aromatic heterocycles. The van der Waals surface area contributed by atoms with E-state index in [1.54, 1.807) is 7.11 Å². The summed E-state index contributed by atoms with van der Waals surface area (Å²) in [5.74, 6) is 1.57. The summed E-state index contributed by atoms with van der Waals surface area (Å²) in [5, 5.41) is 3.94. The average molecular weight is 385 g/mol. The average Bonchev–Trinajstić information content (AvgIpc) is 2.52. The predicted octanol–water partition coefficient (Wildman–Crippen LogP) is 5.51. The van der Waals surface area contributed by atoms with Gasteiger partial charge in [0.2, 0.25) is 0 Å². The van der Waals surface area contributed by atoms with Gasteiger partial charge in [0.25, 0.3) is 0 Å². The molecule has 0 aliphatic heterocycles. The molecule has 0 fully saturated rings. The molecule has 2 aromatic carbocycles. The van der Waals surface area contributed by atoms with E-state index in [0.29, 0.717) is 23.9 Å². The van der Waals surface area contributed by atoms with Crippen molar-refractivity contribution in [3.05, 3.63) is 51.5 Å². The van der Waals surface area contributed by atoms with E-state index in [-0.39, 0.29) is 0 Å². The van der Waals surface area contributed by atoms with Gasteiger partial charge in [-0.2, -0.15) is 0 Å². The molecule has 0 radical (unpaired) electrons. The van der Waals surface area contributed by atoms with Gasteiger partial charge in [0, 0.05) is 22.3 Å². The van der Waals surface area contributed by atoms with Crippen LogP contribution in [0.15, 0.2) is 40.9 Å². The number of nitrogens with one attached hydrogen (secondary N) is 1. The molecule has 0 aliphatic rings. The topological polar surface area (TPSA) is 30.5 Å². The molecule has 0 saturated carbocycles. The van der Waals surface area contributed by atoms with E-state index < -0.39 is 0 Å². The molecule has 0 aliphatic carbocycles. The normalized spacial score (nSPS) is 10.4. The molecule has 0 saturated heterocycles. The minimum absolute atomic E-state index is 0.587. The lowest BCUT2D eigenvalue weighted by molar-refractivity contribution is 0.314. The number of rotatable bonds is 7. The molecule has 0 heterocycles. The van der Waals surface area contributed by atoms with E-state index in [2.05, 4.69) is 34.2 Å². The Kier molecular flexibility index (Phi) is 6.40. The molecule has 0 unspecified atom stereocenters. The number of methoxy groups -OCH3 is 1. The van der Waals surface area contributed by atoms with Crippen LogP contribution in [0.5, 0.6) is 11.5 Å². The Labute approximate surface area is 144 Å². The van der Waals surface area contributed by atoms with Crippen molar-refractivity contribution in [1.82, 2.24) is 0 Å². The molecule has 0 atom stereocenters. The van der Waals surface area contributed by atoms with Crippen molar-refractivity contribution in [1.29, 1.82) is 0 Å². The van der Waals surface area contributed by atoms with Gasteiger partial charge in [-0.3, -0.25) is 0 Å². The molecule has 1 N–H and O–H groups in total. The summed E-state index contributed by atoms with van der Waals surface area (Å²) >= 11 is 9.64. The van der Waals surface area contributed by atoms with Crippen LogP contribution in [-0.2, 0) is 6.54 Å². The van der Waals surface area contributed by atoms with Gasteiger partial charge in [-0.1, -0.05) is 34.5 Å². The van der Waals surface area contributed by atoms with Gasteiger partial charge >= 0.3 is 0 Å². The maximum atomic E-state index is 6.14. The second-order valence-corrected chi connectivity index (χ2v) is 6.13. The van der Waals surface area contributed by atoms with E-state index >= 15 is 0 Å². The molecule has 5 heteroatoms. The first-order valence-corrected chi connectivity index (χ1v) is 8.29. The van der Waals surface area contributed by atoms with Crippen LogP contribution in [0.2, 0.25) is 5.02 Å². The smallest absolute Gasteiger partial charge is 0.137 e. The van der Waals surface area contributed by atoms with Crippen molar-refractivity contribution in [2.75, 3.05) is 19.0 Å². The molecule has 0 amide bonds. The Morgan fingerprint density at radius 3 is 2.59 bits per heavy atom. The standard InChI is InChI=1S/C17H19BrClNO2/c1-3-8-22-16-6-4-13(18)9-12(16)11-20-14-5-7-17(21-2)15(19)10-14/h4-7,9-10,20H,3,8,11H2,1-2H3. The zero-order valence-electron chi connectivity index (χ0n) is 12.7. The highest BCUT2D eigenvalue weighted by atomic mass is 79.9. The summed E-state index contributed by atoms with van der Waals surface area (Å²) in [5.41, 5.74) is 2.03. The quantitative estimate of drug-likeness (QED) is 0.682. The molecule has 2 aromatic rings. The summed E-state index contributed by atoms with van der Waals surface area (Å²) in [7, 11) is 1.60. The number of anilines is 1. The summed E-state index contributed by atoms with van der Waals surface area (Å²) in [6.45, 7) is 3.46. The SMILES string of the molecule is CCCOc1ccc(Br)cc1CNc1ccc(OC)c(Cl)c1. The lowest BCUT2D eigenvalue weighted by Gasteiger charge is -2.13. The second kappa shape index (κ2) is 8.30. The van der Waals surface area contributed by atoms with Crippen LogP contribution >= 0.6 is 27.5 Å². The van der Waals surface area contributed by atoms with Crippen molar-refractivity contribution in [3.63, 3.8) is 0 Å². The minimum atomic E-state index is 0.587. The van der Waals surface area contributed by atoms with Crippen molar-refractivity contribution >= 4 is 33.2 Å². The third kappa shape index (κ3) is 4.55. The van der Waals surface area contributed by atoms with Crippen molar-refractivity contribution in [3.8, 4) is 11.5 Å². The Bertz CT molecular complexity index is 634. The third-order valence-electron chi connectivity index (χ3n) is 3.12. The van der Waals surface area contributed by atoms with Crippen LogP contribution in [0, 0.1) is 0 Å². The van der Waals surface area contributed by atoms with E-state index in [1.807, 2.05) is 30.3 Å². The van der Waals surface area contributed by atoms with Crippen LogP contribution in [0.1, 0.15) is 18.9 Å². The van der Waals surface area contributed by atoms with Gasteiger partial charge in [-0.25, -0.2) is 0 Å². The zero-order valence-corrected chi connectivity index (χ0v) is 15.0. The van der Waals surface area contributed by atoms with Crippen LogP contribution < -0.4 is 14.8 Å². The number of ether oxygens (including phenoxy) is 2. The van der Waals surface area contributed by atoms with Gasteiger partial charge in [0.15, 0.2) is 0 Å². The number of hydrogen-bond acceptors (Lipinski definition) is 3. The Balaban J connectivity index is 2.10. The van der Waals surface area contributed by atoms with Gasteiger partial charge in [-0.15, -0.1) is 0 Å². The highest BCUT2D eigenvalue weighted by molar-refractivity contribution is 9.10. The number of halogens is 2. The van der Waals surface area contributed by atoms with Gasteiger partial charge in [-0.05, 0) is 42.8 Å². The number of benzene rings is 2. The summed E-state index contributed by atoms with van der Waals surface area (Å²) in [6, 6.07) is 11.7. The van der Waals surface area contributed by atoms with Crippen molar-refractivity contribution in [2.45, 2.75) is 19.9 Å². The summed E-state index contributed by atoms with van der Waals surface area (Å²) in [6.07, 6.45) is 0.983. The van der Waals surface area contributed by atoms with E-state index in [0.717, 1.165) is 27.9 Å². The highest BCUT2D eigenvalue weighted by Crippen LogP contribution is 2.29. The van der Waals surface area contributed by atoms with Gasteiger partial charge < -0.3 is 14.8 Å². The fraction of sp³-hybridized carbons (Fsp3) is 0.294. The summed E-state index contributed by atoms with van der Waals surface area (Å²) < 4.78 is 12.0. The zero-order chi connectivity index (χ0) is 15.9. The first-order valence-electron chi connectivity index (χ1n) is 7.12. The van der Waals surface area contributed by atoms with Crippen molar-refractivity contribution < 1.29 is 9.47 Å². The van der Waals surface area contributed by atoms with Crippen LogP contribution in [0.4, 0.5) is 5.69 Å². The minimum Gasteiger partial charge on any atom is -0.495 e. The molecular weight excluding hydrogens is 366 g/mol. The molecule has 22 heavy (non-hydrogen) atoms. The Morgan fingerprint density at radius 1 is 1.14 bits per heavy atom.